The number of nitrogens with zero attached hydrogens (tertiary/aromatic N) is 3. The molecule has 2 saturated heterocycles. The van der Waals surface area contributed by atoms with Crippen molar-refractivity contribution in [2.75, 3.05) is 23.3 Å². The van der Waals surface area contributed by atoms with Crippen LogP contribution in [0.4, 0.5) is 10.8 Å². The molecule has 3 N–H and O–H groups in total. The van der Waals surface area contributed by atoms with Gasteiger partial charge in [0, 0.05) is 35.3 Å². The van der Waals surface area contributed by atoms with Crippen LogP contribution >= 0.6 is 11.3 Å². The molecule has 5 rings (SSSR count). The Kier molecular flexibility index (Phi) is 4.36. The van der Waals surface area contributed by atoms with Crippen LogP contribution in [0, 0.1) is 6.92 Å². The third kappa shape index (κ3) is 3.11. The summed E-state index contributed by atoms with van der Waals surface area (Å²) in [7, 11) is 0. The maximum atomic E-state index is 12.9. The van der Waals surface area contributed by atoms with Crippen molar-refractivity contribution in [2.45, 2.75) is 50.2 Å². The molecule has 0 radical (unpaired) electrons. The summed E-state index contributed by atoms with van der Waals surface area (Å²) in [5.41, 5.74) is 7.78. The van der Waals surface area contributed by atoms with Crippen molar-refractivity contribution in [3.05, 3.63) is 40.9 Å². The van der Waals surface area contributed by atoms with Crippen LogP contribution in [0.15, 0.2) is 30.5 Å². The van der Waals surface area contributed by atoms with Gasteiger partial charge in [0.25, 0.3) is 5.91 Å². The molecule has 29 heavy (non-hydrogen) atoms. The highest BCUT2D eigenvalue weighted by Crippen LogP contribution is 2.48. The average Bonchev–Trinajstić information content (AvgIpc) is 3.02. The molecule has 1 aromatic heterocycles. The van der Waals surface area contributed by atoms with Crippen molar-refractivity contribution in [3.63, 3.8) is 0 Å². The maximum Gasteiger partial charge on any atom is 0.255 e. The predicted octanol–water partition coefficient (Wildman–Crippen LogP) is 2.22. The number of hydrogen-bond acceptors (Lipinski definition) is 6. The maximum absolute atomic E-state index is 12.9. The Morgan fingerprint density at radius 3 is 2.72 bits per heavy atom. The summed E-state index contributed by atoms with van der Waals surface area (Å²) in [6.45, 7) is 3.64. The fourth-order valence-corrected chi connectivity index (χ4v) is 5.37. The largest absolute Gasteiger partial charge is 0.367 e. The van der Waals surface area contributed by atoms with E-state index in [4.69, 9.17) is 5.73 Å². The van der Waals surface area contributed by atoms with Gasteiger partial charge in [-0.15, -0.1) is 11.3 Å². The Balaban J connectivity index is 1.35. The number of nitrogens with two attached hydrogens (primary N) is 1. The average molecular weight is 412 g/mol. The highest BCUT2D eigenvalue weighted by Gasteiger charge is 2.51. The smallest absolute Gasteiger partial charge is 0.255 e. The first-order valence-electron chi connectivity index (χ1n) is 10.1. The molecule has 1 saturated carbocycles. The van der Waals surface area contributed by atoms with E-state index in [-0.39, 0.29) is 17.4 Å². The first-order valence-corrected chi connectivity index (χ1v) is 11.0. The molecule has 3 aliphatic rings. The summed E-state index contributed by atoms with van der Waals surface area (Å²) in [6, 6.07) is 7.88. The molecular formula is C21H25N5O2S. The number of thiazole rings is 1. The minimum atomic E-state index is -0.675. The molecule has 0 bridgehead atoms. The standard InChI is InChI=1S/C21H25N5O2S/c1-13-11-23-20(29-13)24-12-21(8-9-21)14-4-6-15(7-5-14)26-18(17(22)27)25-10-2-3-16(25)19(26)28/h4-7,11,16,18H,2-3,8-10,12H2,1H3,(H2,22,27)(H,23,24)/t16-,18?/m0/s1. The summed E-state index contributed by atoms with van der Waals surface area (Å²) in [6.07, 6.45) is 5.20. The van der Waals surface area contributed by atoms with Crippen LogP contribution in [-0.2, 0) is 15.0 Å². The summed E-state index contributed by atoms with van der Waals surface area (Å²) >= 11 is 1.67. The zero-order chi connectivity index (χ0) is 20.2. The van der Waals surface area contributed by atoms with Gasteiger partial charge < -0.3 is 11.1 Å². The van der Waals surface area contributed by atoms with Crippen LogP contribution in [0.3, 0.4) is 0 Å². The first kappa shape index (κ1) is 18.6. The number of anilines is 2. The molecule has 3 fully saturated rings. The van der Waals surface area contributed by atoms with Crippen molar-refractivity contribution in [1.82, 2.24) is 9.88 Å². The number of aryl methyl sites for hydroxylation is 1. The molecular weight excluding hydrogens is 386 g/mol. The van der Waals surface area contributed by atoms with Crippen LogP contribution in [0.5, 0.6) is 0 Å². The van der Waals surface area contributed by atoms with Crippen molar-refractivity contribution < 1.29 is 9.59 Å². The zero-order valence-corrected chi connectivity index (χ0v) is 17.2. The molecule has 3 heterocycles. The second-order valence-electron chi connectivity index (χ2n) is 8.34. The number of rotatable bonds is 6. The summed E-state index contributed by atoms with van der Waals surface area (Å²) < 4.78 is 0. The number of fused-ring (bicyclic) bond motifs is 1. The van der Waals surface area contributed by atoms with Crippen LogP contribution < -0.4 is 16.0 Å². The van der Waals surface area contributed by atoms with E-state index >= 15 is 0 Å². The van der Waals surface area contributed by atoms with Crippen LogP contribution in [0.25, 0.3) is 0 Å². The lowest BCUT2D eigenvalue weighted by atomic mass is 9.95. The second-order valence-corrected chi connectivity index (χ2v) is 9.57. The second kappa shape index (κ2) is 6.81. The van der Waals surface area contributed by atoms with E-state index in [0.29, 0.717) is 0 Å². The van der Waals surface area contributed by atoms with Gasteiger partial charge in [-0.25, -0.2) is 4.98 Å². The van der Waals surface area contributed by atoms with Crippen LogP contribution in [0.2, 0.25) is 0 Å². The molecule has 0 spiro atoms. The van der Waals surface area contributed by atoms with E-state index in [0.717, 1.165) is 49.6 Å². The third-order valence-corrected chi connectivity index (χ3v) is 7.31. The Labute approximate surface area is 173 Å². The normalized spacial score (nSPS) is 25.3. The van der Waals surface area contributed by atoms with Gasteiger partial charge in [0.15, 0.2) is 11.3 Å². The number of carbonyl (C=O) groups excluding carboxylic acids is 2. The number of amides is 2. The van der Waals surface area contributed by atoms with Crippen molar-refractivity contribution in [2.24, 2.45) is 5.73 Å². The van der Waals surface area contributed by atoms with Crippen LogP contribution in [0.1, 0.15) is 36.1 Å². The summed E-state index contributed by atoms with van der Waals surface area (Å²) in [5, 5.41) is 4.42. The Morgan fingerprint density at radius 1 is 1.34 bits per heavy atom. The molecule has 2 amide bonds. The molecule has 2 aliphatic heterocycles. The minimum absolute atomic E-state index is 0.0130. The summed E-state index contributed by atoms with van der Waals surface area (Å²) in [4.78, 5) is 34.1. The van der Waals surface area contributed by atoms with Crippen molar-refractivity contribution in [1.29, 1.82) is 0 Å². The van der Waals surface area contributed by atoms with Gasteiger partial charge in [-0.1, -0.05) is 12.1 Å². The number of aromatic nitrogens is 1. The Hall–Kier alpha value is -2.45. The molecule has 1 aromatic carbocycles. The lowest BCUT2D eigenvalue weighted by Gasteiger charge is -2.27. The van der Waals surface area contributed by atoms with Gasteiger partial charge in [-0.2, -0.15) is 0 Å². The van der Waals surface area contributed by atoms with E-state index in [1.54, 1.807) is 16.2 Å². The van der Waals surface area contributed by atoms with E-state index in [1.165, 1.54) is 10.4 Å². The number of primary amides is 1. The molecule has 2 aromatic rings. The fourth-order valence-electron chi connectivity index (χ4n) is 4.71. The fraction of sp³-hybridized carbons (Fsp3) is 0.476. The third-order valence-electron chi connectivity index (χ3n) is 6.44. The van der Waals surface area contributed by atoms with Gasteiger partial charge >= 0.3 is 0 Å². The number of nitrogens with one attached hydrogen (secondary N) is 1. The first-order chi connectivity index (χ1) is 14.0. The monoisotopic (exact) mass is 411 g/mol. The summed E-state index contributed by atoms with van der Waals surface area (Å²) in [5.74, 6) is -0.477. The van der Waals surface area contributed by atoms with E-state index < -0.39 is 12.1 Å². The molecule has 1 aliphatic carbocycles. The van der Waals surface area contributed by atoms with E-state index in [2.05, 4.69) is 29.4 Å². The lowest BCUT2D eigenvalue weighted by molar-refractivity contribution is -0.122. The van der Waals surface area contributed by atoms with E-state index in [9.17, 15) is 9.59 Å². The molecule has 2 atom stereocenters. The van der Waals surface area contributed by atoms with Gasteiger partial charge in [-0.3, -0.25) is 19.4 Å². The lowest BCUT2D eigenvalue weighted by Crippen LogP contribution is -2.49. The number of benzene rings is 1. The minimum Gasteiger partial charge on any atom is -0.367 e. The molecule has 7 nitrogen and oxygen atoms in total. The SMILES string of the molecule is Cc1cnc(NCC2(c3ccc(N4C(=O)[C@@H]5CCCN5C4C(N)=O)cc3)CC2)s1. The molecule has 152 valence electrons. The quantitative estimate of drug-likeness (QED) is 0.761. The highest BCUT2D eigenvalue weighted by molar-refractivity contribution is 7.15. The molecule has 1 unspecified atom stereocenters. The number of hydrogen-bond donors (Lipinski definition) is 2. The number of carbonyl (C=O) groups is 2. The van der Waals surface area contributed by atoms with Gasteiger partial charge in [-0.05, 0) is 50.3 Å². The Bertz CT molecular complexity index is 952. The Morgan fingerprint density at radius 2 is 2.10 bits per heavy atom. The van der Waals surface area contributed by atoms with Gasteiger partial charge in [0.05, 0.1) is 6.04 Å². The van der Waals surface area contributed by atoms with E-state index in [1.807, 2.05) is 23.2 Å². The van der Waals surface area contributed by atoms with Crippen LogP contribution in [-0.4, -0.2) is 47.0 Å². The zero-order valence-electron chi connectivity index (χ0n) is 16.4. The van der Waals surface area contributed by atoms with Crippen molar-refractivity contribution in [3.8, 4) is 0 Å². The van der Waals surface area contributed by atoms with Gasteiger partial charge in [0.2, 0.25) is 5.91 Å². The predicted molar refractivity (Wildman–Crippen MR) is 113 cm³/mol. The van der Waals surface area contributed by atoms with Gasteiger partial charge in [0.1, 0.15) is 0 Å². The highest BCUT2D eigenvalue weighted by atomic mass is 32.1. The topological polar surface area (TPSA) is 91.6 Å². The van der Waals surface area contributed by atoms with Crippen molar-refractivity contribution >= 4 is 34.0 Å². The molecule has 8 heteroatoms.